The smallest absolute Gasteiger partial charge is 0.0616 e. The Morgan fingerprint density at radius 3 is 1.55 bits per heavy atom. The van der Waals surface area contributed by atoms with Crippen LogP contribution in [-0.2, 0) is 6.42 Å². The topological polar surface area (TPSA) is 6.48 Å². The number of nitrogens with zero attached hydrogens (tertiary/aromatic N) is 2. The van der Waals surface area contributed by atoms with E-state index in [0.717, 1.165) is 37.1 Å². The summed E-state index contributed by atoms with van der Waals surface area (Å²) in [6.45, 7) is 0. The molecule has 194 valence electrons. The Kier molecular flexibility index (Phi) is 6.51. The summed E-state index contributed by atoms with van der Waals surface area (Å²) in [7, 11) is 0. The van der Waals surface area contributed by atoms with Crippen LogP contribution in [0.2, 0.25) is 0 Å². The molecule has 7 rings (SSSR count). The number of para-hydroxylation sites is 3. The van der Waals surface area contributed by atoms with Crippen LogP contribution < -0.4 is 9.80 Å². The second-order valence-corrected chi connectivity index (χ2v) is 10.4. The molecule has 0 heterocycles. The van der Waals surface area contributed by atoms with E-state index in [-0.39, 0.29) is 0 Å². The molecule has 0 N–H and O–H groups in total. The summed E-state index contributed by atoms with van der Waals surface area (Å²) in [5, 5.41) is 2.52. The Balaban J connectivity index is 1.58. The highest BCUT2D eigenvalue weighted by Crippen LogP contribution is 2.50. The predicted molar refractivity (Wildman–Crippen MR) is 171 cm³/mol. The van der Waals surface area contributed by atoms with E-state index in [2.05, 4.69) is 155 Å². The molecule has 2 nitrogen and oxygen atoms in total. The molecule has 2 aliphatic rings. The molecule has 5 aromatic rings. The van der Waals surface area contributed by atoms with Crippen molar-refractivity contribution in [2.75, 3.05) is 9.80 Å². The van der Waals surface area contributed by atoms with Crippen molar-refractivity contribution in [1.29, 1.82) is 0 Å². The lowest BCUT2D eigenvalue weighted by Gasteiger charge is -2.36. The zero-order valence-electron chi connectivity index (χ0n) is 22.6. The molecule has 0 bridgehead atoms. The number of allylic oxidation sites excluding steroid dienone is 4. The molecular weight excluding hydrogens is 484 g/mol. The lowest BCUT2D eigenvalue weighted by molar-refractivity contribution is 0.965. The summed E-state index contributed by atoms with van der Waals surface area (Å²) >= 11 is 0. The van der Waals surface area contributed by atoms with Crippen LogP contribution in [0.25, 0.3) is 16.8 Å². The molecule has 0 saturated carbocycles. The van der Waals surface area contributed by atoms with Crippen LogP contribution >= 0.6 is 0 Å². The van der Waals surface area contributed by atoms with E-state index in [1.54, 1.807) is 0 Å². The van der Waals surface area contributed by atoms with Gasteiger partial charge in [-0.3, -0.25) is 0 Å². The fourth-order valence-electron chi connectivity index (χ4n) is 6.14. The first-order valence-electron chi connectivity index (χ1n) is 14.3. The van der Waals surface area contributed by atoms with Gasteiger partial charge in [0.15, 0.2) is 0 Å². The van der Waals surface area contributed by atoms with Crippen molar-refractivity contribution in [1.82, 2.24) is 0 Å². The van der Waals surface area contributed by atoms with Gasteiger partial charge < -0.3 is 9.80 Å². The van der Waals surface area contributed by atoms with Gasteiger partial charge in [0.05, 0.1) is 11.4 Å². The van der Waals surface area contributed by atoms with Gasteiger partial charge in [0.2, 0.25) is 0 Å². The molecular formula is C38H32N2. The highest BCUT2D eigenvalue weighted by atomic mass is 15.2. The van der Waals surface area contributed by atoms with Crippen LogP contribution in [0, 0.1) is 0 Å². The highest BCUT2D eigenvalue weighted by molar-refractivity contribution is 6.11. The summed E-state index contributed by atoms with van der Waals surface area (Å²) in [6.07, 6.45) is 15.9. The molecule has 0 spiro atoms. The number of fused-ring (bicyclic) bond motifs is 2. The van der Waals surface area contributed by atoms with E-state index in [0.29, 0.717) is 0 Å². The molecule has 0 radical (unpaired) electrons. The molecule has 0 unspecified atom stereocenters. The van der Waals surface area contributed by atoms with Crippen molar-refractivity contribution < 1.29 is 0 Å². The van der Waals surface area contributed by atoms with E-state index < -0.39 is 0 Å². The average molecular weight is 517 g/mol. The van der Waals surface area contributed by atoms with Crippen molar-refractivity contribution in [3.05, 3.63) is 156 Å². The number of anilines is 5. The average Bonchev–Trinajstić information content (AvgIpc) is 3.04. The first-order chi connectivity index (χ1) is 19.9. The number of rotatable bonds is 6. The van der Waals surface area contributed by atoms with Crippen molar-refractivity contribution in [3.8, 4) is 0 Å². The Morgan fingerprint density at radius 1 is 0.450 bits per heavy atom. The third-order valence-corrected chi connectivity index (χ3v) is 7.87. The van der Waals surface area contributed by atoms with E-state index in [1.807, 2.05) is 0 Å². The first-order valence-corrected chi connectivity index (χ1v) is 14.3. The molecule has 0 amide bonds. The minimum absolute atomic E-state index is 0.997. The van der Waals surface area contributed by atoms with Gasteiger partial charge in [-0.25, -0.2) is 0 Å². The lowest BCUT2D eigenvalue weighted by atomic mass is 9.87. The molecule has 40 heavy (non-hydrogen) atoms. The van der Waals surface area contributed by atoms with Crippen LogP contribution in [0.3, 0.4) is 0 Å². The van der Waals surface area contributed by atoms with Crippen molar-refractivity contribution >= 4 is 45.3 Å². The minimum atomic E-state index is 0.997. The van der Waals surface area contributed by atoms with Gasteiger partial charge in [0.25, 0.3) is 0 Å². The van der Waals surface area contributed by atoms with Crippen LogP contribution in [0.4, 0.5) is 28.4 Å². The quantitative estimate of drug-likeness (QED) is 0.207. The number of hydrogen-bond donors (Lipinski definition) is 0. The third kappa shape index (κ3) is 4.32. The maximum Gasteiger partial charge on any atom is 0.0616 e. The number of benzene rings is 5. The normalized spacial score (nSPS) is 14.1. The summed E-state index contributed by atoms with van der Waals surface area (Å²) in [4.78, 5) is 4.93. The fourth-order valence-corrected chi connectivity index (χ4v) is 6.14. The third-order valence-electron chi connectivity index (χ3n) is 7.87. The van der Waals surface area contributed by atoms with Gasteiger partial charge in [-0.05, 0) is 73.7 Å². The van der Waals surface area contributed by atoms with E-state index in [9.17, 15) is 0 Å². The molecule has 0 fully saturated rings. The fraction of sp³-hybridized carbons (Fsp3) is 0.105. The van der Waals surface area contributed by atoms with Crippen LogP contribution in [0.15, 0.2) is 145 Å². The second kappa shape index (κ2) is 10.7. The van der Waals surface area contributed by atoms with Gasteiger partial charge in [-0.2, -0.15) is 0 Å². The van der Waals surface area contributed by atoms with E-state index in [4.69, 9.17) is 0 Å². The minimum Gasteiger partial charge on any atom is -0.310 e. The van der Waals surface area contributed by atoms with Gasteiger partial charge in [0, 0.05) is 39.1 Å². The van der Waals surface area contributed by atoms with Crippen molar-refractivity contribution in [3.63, 3.8) is 0 Å². The monoisotopic (exact) mass is 516 g/mol. The summed E-state index contributed by atoms with van der Waals surface area (Å²) in [5.41, 5.74) is 9.99. The molecule has 0 aliphatic heterocycles. The summed E-state index contributed by atoms with van der Waals surface area (Å²) in [6, 6.07) is 41.4. The van der Waals surface area contributed by atoms with E-state index in [1.165, 1.54) is 44.7 Å². The highest BCUT2D eigenvalue weighted by Gasteiger charge is 2.28. The SMILES string of the molecule is C1=CC(N(c2ccccc2)c2c3c(c(N(c4ccccc4)c4ccccc4)c4ccccc24)C=CCC3)=CCC1. The zero-order chi connectivity index (χ0) is 26.7. The predicted octanol–water partition coefficient (Wildman–Crippen LogP) is 10.6. The largest absolute Gasteiger partial charge is 0.310 e. The van der Waals surface area contributed by atoms with Gasteiger partial charge in [-0.15, -0.1) is 0 Å². The van der Waals surface area contributed by atoms with Crippen LogP contribution in [0.1, 0.15) is 30.4 Å². The zero-order valence-corrected chi connectivity index (χ0v) is 22.6. The summed E-state index contributed by atoms with van der Waals surface area (Å²) < 4.78 is 0. The van der Waals surface area contributed by atoms with Crippen LogP contribution in [-0.4, -0.2) is 0 Å². The Morgan fingerprint density at radius 2 is 0.975 bits per heavy atom. The Bertz CT molecular complexity index is 1690. The molecule has 0 aromatic heterocycles. The molecule has 0 saturated heterocycles. The molecule has 5 aromatic carbocycles. The van der Waals surface area contributed by atoms with Gasteiger partial charge in [0.1, 0.15) is 0 Å². The Hall–Kier alpha value is -4.82. The first kappa shape index (κ1) is 24.2. The second-order valence-electron chi connectivity index (χ2n) is 10.4. The van der Waals surface area contributed by atoms with Crippen molar-refractivity contribution in [2.45, 2.75) is 25.7 Å². The van der Waals surface area contributed by atoms with Gasteiger partial charge >= 0.3 is 0 Å². The summed E-state index contributed by atoms with van der Waals surface area (Å²) in [5.74, 6) is 0. The number of hydrogen-bond acceptors (Lipinski definition) is 2. The van der Waals surface area contributed by atoms with Crippen molar-refractivity contribution in [2.24, 2.45) is 0 Å². The van der Waals surface area contributed by atoms with E-state index >= 15 is 0 Å². The molecule has 2 aliphatic carbocycles. The maximum atomic E-state index is 2.50. The lowest BCUT2D eigenvalue weighted by Crippen LogP contribution is -2.21. The van der Waals surface area contributed by atoms with Crippen LogP contribution in [0.5, 0.6) is 0 Å². The Labute approximate surface area is 236 Å². The maximum absolute atomic E-state index is 2.50. The van der Waals surface area contributed by atoms with Gasteiger partial charge in [-0.1, -0.05) is 103 Å². The molecule has 2 heteroatoms. The standard InChI is InChI=1S/C38H32N2/c1-5-17-29(18-6-1)39(30-19-7-2-8-20-30)37-33-25-13-15-27-35(33)38(36-28-16-14-26-34(36)37)40(31-21-9-3-10-22-31)32-23-11-4-12-24-32/h1-3,5-11,13-15,17-27H,4,12,16,28H2. The molecule has 0 atom stereocenters.